The summed E-state index contributed by atoms with van der Waals surface area (Å²) >= 11 is 1.90. The van der Waals surface area contributed by atoms with Gasteiger partial charge in [-0.25, -0.2) is 0 Å². The Kier molecular flexibility index (Phi) is 5.30. The molecule has 3 heterocycles. The molecule has 0 aliphatic carbocycles. The van der Waals surface area contributed by atoms with Gasteiger partial charge in [0, 0.05) is 54.3 Å². The molecule has 1 saturated heterocycles. The first-order chi connectivity index (χ1) is 13.9. The maximum Gasteiger partial charge on any atom is 0.255 e. The first kappa shape index (κ1) is 19.8. The van der Waals surface area contributed by atoms with Crippen LogP contribution >= 0.6 is 11.8 Å². The number of hydrogen-bond donors (Lipinski definition) is 1. The van der Waals surface area contributed by atoms with Crippen molar-refractivity contribution in [2.75, 3.05) is 19.3 Å². The summed E-state index contributed by atoms with van der Waals surface area (Å²) < 4.78 is 1.63. The van der Waals surface area contributed by atoms with E-state index in [0.29, 0.717) is 5.25 Å². The number of carbonyl (C=O) groups excluding carboxylic acids is 1. The molecule has 0 radical (unpaired) electrons. The highest BCUT2D eigenvalue weighted by atomic mass is 32.2. The zero-order chi connectivity index (χ0) is 20.7. The predicted octanol–water partition coefficient (Wildman–Crippen LogP) is 4.12. The van der Waals surface area contributed by atoms with Crippen LogP contribution in [0.1, 0.15) is 34.3 Å². The summed E-state index contributed by atoms with van der Waals surface area (Å²) in [6, 6.07) is 5.96. The number of likely N-dealkylation sites (tertiary alicyclic amines) is 1. The summed E-state index contributed by atoms with van der Waals surface area (Å²) in [4.78, 5) is 30.7. The fraction of sp³-hybridized carbons (Fsp3) is 0.391. The van der Waals surface area contributed by atoms with Crippen molar-refractivity contribution < 1.29 is 4.79 Å². The topological polar surface area (TPSA) is 58.1 Å². The lowest BCUT2D eigenvalue weighted by Gasteiger charge is -2.31. The number of thioether (sulfide) groups is 1. The molecule has 0 unspecified atom stereocenters. The Balaban J connectivity index is 1.76. The summed E-state index contributed by atoms with van der Waals surface area (Å²) in [6.45, 7) is 5.48. The Hall–Kier alpha value is -2.47. The highest BCUT2D eigenvalue weighted by Gasteiger charge is 2.25. The van der Waals surface area contributed by atoms with Crippen LogP contribution in [0.4, 0.5) is 0 Å². The van der Waals surface area contributed by atoms with Crippen LogP contribution in [0.5, 0.6) is 0 Å². The number of hydrogen-bond acceptors (Lipinski definition) is 3. The average Bonchev–Trinajstić information content (AvgIpc) is 3.24. The van der Waals surface area contributed by atoms with Gasteiger partial charge in [-0.2, -0.15) is 11.8 Å². The van der Waals surface area contributed by atoms with E-state index >= 15 is 0 Å². The lowest BCUT2D eigenvalue weighted by Crippen LogP contribution is -2.39. The van der Waals surface area contributed by atoms with Gasteiger partial charge in [-0.15, -0.1) is 0 Å². The van der Waals surface area contributed by atoms with E-state index in [9.17, 15) is 9.59 Å². The molecular weight excluding hydrogens is 382 g/mol. The van der Waals surface area contributed by atoms with E-state index in [1.54, 1.807) is 11.6 Å². The van der Waals surface area contributed by atoms with Crippen LogP contribution < -0.4 is 5.56 Å². The van der Waals surface area contributed by atoms with Crippen molar-refractivity contribution in [1.82, 2.24) is 14.5 Å². The number of benzene rings is 1. The zero-order valence-corrected chi connectivity index (χ0v) is 18.2. The second-order valence-corrected chi connectivity index (χ2v) is 9.00. The number of fused-ring (bicyclic) bond motifs is 1. The molecule has 1 fully saturated rings. The molecule has 0 bridgehead atoms. The van der Waals surface area contributed by atoms with Gasteiger partial charge in [0.25, 0.3) is 11.5 Å². The van der Waals surface area contributed by atoms with E-state index in [0.717, 1.165) is 64.7 Å². The fourth-order valence-electron chi connectivity index (χ4n) is 4.28. The van der Waals surface area contributed by atoms with Gasteiger partial charge in [0.05, 0.1) is 11.1 Å². The smallest absolute Gasteiger partial charge is 0.255 e. The third-order valence-electron chi connectivity index (χ3n) is 6.24. The lowest BCUT2D eigenvalue weighted by molar-refractivity contribution is 0.0729. The molecule has 1 aliphatic heterocycles. The average molecular weight is 410 g/mol. The summed E-state index contributed by atoms with van der Waals surface area (Å²) in [5, 5.41) is 1.67. The monoisotopic (exact) mass is 409 g/mol. The highest BCUT2D eigenvalue weighted by Crippen LogP contribution is 2.33. The molecule has 1 amide bonds. The minimum atomic E-state index is 0.0250. The molecule has 4 rings (SSSR count). The predicted molar refractivity (Wildman–Crippen MR) is 121 cm³/mol. The highest BCUT2D eigenvalue weighted by molar-refractivity contribution is 7.99. The van der Waals surface area contributed by atoms with Crippen LogP contribution in [0.2, 0.25) is 0 Å². The molecule has 6 heteroatoms. The van der Waals surface area contributed by atoms with Crippen LogP contribution in [-0.4, -0.2) is 45.0 Å². The molecule has 0 atom stereocenters. The van der Waals surface area contributed by atoms with Gasteiger partial charge in [-0.1, -0.05) is 6.07 Å². The van der Waals surface area contributed by atoms with Crippen LogP contribution in [-0.2, 0) is 7.05 Å². The molecule has 1 N–H and O–H groups in total. The third-order valence-corrected chi connectivity index (χ3v) is 7.37. The number of piperidine rings is 1. The Labute approximate surface area is 175 Å². The van der Waals surface area contributed by atoms with E-state index < -0.39 is 0 Å². The second kappa shape index (κ2) is 7.75. The van der Waals surface area contributed by atoms with Gasteiger partial charge in [0.1, 0.15) is 0 Å². The number of nitrogens with zero attached hydrogens (tertiary/aromatic N) is 2. The second-order valence-electron chi connectivity index (χ2n) is 7.86. The molecule has 3 aromatic rings. The SMILES string of the molecule is CSC1CCN(C(=O)c2ccc(-c3cn(C)c(=O)c(C)c3C)c3cc[nH]c23)CC1. The standard InChI is InChI=1S/C23H27N3O2S/c1-14-15(2)22(27)25(3)13-20(14)17-5-6-19(21-18(17)7-10-24-21)23(28)26-11-8-16(29-4)9-12-26/h5-7,10,13,16,24H,8-9,11-12H2,1-4H3. The molecule has 5 nitrogen and oxygen atoms in total. The summed E-state index contributed by atoms with van der Waals surface area (Å²) in [5.74, 6) is 0.0944. The van der Waals surface area contributed by atoms with Crippen LogP contribution in [0.15, 0.2) is 35.4 Å². The van der Waals surface area contributed by atoms with E-state index in [1.165, 1.54) is 0 Å². The van der Waals surface area contributed by atoms with Crippen molar-refractivity contribution in [3.63, 3.8) is 0 Å². The number of amides is 1. The number of aromatic nitrogens is 2. The number of rotatable bonds is 3. The van der Waals surface area contributed by atoms with Crippen molar-refractivity contribution >= 4 is 28.6 Å². The normalized spacial score (nSPS) is 15.2. The van der Waals surface area contributed by atoms with Crippen molar-refractivity contribution in [1.29, 1.82) is 0 Å². The molecule has 1 aromatic carbocycles. The number of H-pyrrole nitrogens is 1. The van der Waals surface area contributed by atoms with Crippen LogP contribution in [0.25, 0.3) is 22.0 Å². The van der Waals surface area contributed by atoms with E-state index in [-0.39, 0.29) is 11.5 Å². The Morgan fingerprint density at radius 3 is 2.52 bits per heavy atom. The zero-order valence-electron chi connectivity index (χ0n) is 17.4. The molecule has 152 valence electrons. The van der Waals surface area contributed by atoms with Gasteiger partial charge in [0.15, 0.2) is 0 Å². The molecule has 2 aromatic heterocycles. The molecule has 1 aliphatic rings. The van der Waals surface area contributed by atoms with Gasteiger partial charge in [0.2, 0.25) is 0 Å². The first-order valence-electron chi connectivity index (χ1n) is 10.0. The minimum absolute atomic E-state index is 0.0250. The fourth-order valence-corrected chi connectivity index (χ4v) is 4.96. The van der Waals surface area contributed by atoms with Crippen molar-refractivity contribution in [2.24, 2.45) is 7.05 Å². The van der Waals surface area contributed by atoms with Crippen molar-refractivity contribution in [3.05, 3.63) is 57.6 Å². The maximum atomic E-state index is 13.2. The quantitative estimate of drug-likeness (QED) is 0.708. The van der Waals surface area contributed by atoms with E-state index in [1.807, 2.05) is 61.1 Å². The van der Waals surface area contributed by atoms with E-state index in [4.69, 9.17) is 0 Å². The van der Waals surface area contributed by atoms with E-state index in [2.05, 4.69) is 11.2 Å². The van der Waals surface area contributed by atoms with Crippen LogP contribution in [0.3, 0.4) is 0 Å². The van der Waals surface area contributed by atoms with Gasteiger partial charge in [-0.3, -0.25) is 9.59 Å². The molecule has 0 spiro atoms. The summed E-state index contributed by atoms with van der Waals surface area (Å²) in [5.41, 5.74) is 5.40. The van der Waals surface area contributed by atoms with Crippen molar-refractivity contribution in [2.45, 2.75) is 31.9 Å². The molecular formula is C23H27N3O2S. The van der Waals surface area contributed by atoms with Crippen molar-refractivity contribution in [3.8, 4) is 11.1 Å². The molecule has 29 heavy (non-hydrogen) atoms. The Bertz CT molecular complexity index is 1140. The van der Waals surface area contributed by atoms with Crippen LogP contribution in [0, 0.1) is 13.8 Å². The third kappa shape index (κ3) is 3.39. The lowest BCUT2D eigenvalue weighted by atomic mass is 9.95. The number of pyridine rings is 1. The number of nitrogens with one attached hydrogen (secondary N) is 1. The number of aromatic amines is 1. The van der Waals surface area contributed by atoms with Gasteiger partial charge < -0.3 is 14.5 Å². The number of aryl methyl sites for hydroxylation is 1. The maximum absolute atomic E-state index is 13.2. The summed E-state index contributed by atoms with van der Waals surface area (Å²) in [7, 11) is 1.78. The number of carbonyl (C=O) groups is 1. The van der Waals surface area contributed by atoms with Gasteiger partial charge >= 0.3 is 0 Å². The summed E-state index contributed by atoms with van der Waals surface area (Å²) in [6.07, 6.45) is 8.02. The minimum Gasteiger partial charge on any atom is -0.361 e. The molecule has 0 saturated carbocycles. The first-order valence-corrected chi connectivity index (χ1v) is 11.3. The largest absolute Gasteiger partial charge is 0.361 e. The van der Waals surface area contributed by atoms with Gasteiger partial charge in [-0.05, 0) is 56.2 Å². The Morgan fingerprint density at radius 2 is 1.83 bits per heavy atom. The Morgan fingerprint density at radius 1 is 1.10 bits per heavy atom.